The SMILES string of the molecule is Cc1ccn(CC(=O)NC(C)(C)C)c1C(=O)O. The fourth-order valence-corrected chi connectivity index (χ4v) is 1.62. The van der Waals surface area contributed by atoms with Gasteiger partial charge in [-0.3, -0.25) is 4.79 Å². The van der Waals surface area contributed by atoms with Gasteiger partial charge >= 0.3 is 5.97 Å². The Morgan fingerprint density at radius 3 is 2.47 bits per heavy atom. The number of carbonyl (C=O) groups excluding carboxylic acids is 1. The molecule has 0 aliphatic carbocycles. The van der Waals surface area contributed by atoms with Gasteiger partial charge in [-0.05, 0) is 39.3 Å². The van der Waals surface area contributed by atoms with Crippen LogP contribution < -0.4 is 5.32 Å². The van der Waals surface area contributed by atoms with Crippen LogP contribution in [-0.2, 0) is 11.3 Å². The van der Waals surface area contributed by atoms with Crippen molar-refractivity contribution in [2.45, 2.75) is 39.8 Å². The summed E-state index contributed by atoms with van der Waals surface area (Å²) in [5.41, 5.74) is 0.498. The van der Waals surface area contributed by atoms with E-state index in [2.05, 4.69) is 5.32 Å². The Morgan fingerprint density at radius 2 is 2.00 bits per heavy atom. The third-order valence-electron chi connectivity index (χ3n) is 2.20. The minimum absolute atomic E-state index is 0.0206. The highest BCUT2D eigenvalue weighted by atomic mass is 16.4. The van der Waals surface area contributed by atoms with Crippen molar-refractivity contribution in [3.8, 4) is 0 Å². The maximum absolute atomic E-state index is 11.7. The lowest BCUT2D eigenvalue weighted by molar-refractivity contribution is -0.123. The summed E-state index contributed by atoms with van der Waals surface area (Å²) in [5.74, 6) is -1.22. The number of nitrogens with zero attached hydrogens (tertiary/aromatic N) is 1. The average molecular weight is 238 g/mol. The van der Waals surface area contributed by atoms with Gasteiger partial charge in [0, 0.05) is 11.7 Å². The van der Waals surface area contributed by atoms with Gasteiger partial charge in [0.05, 0.1) is 0 Å². The Labute approximate surface area is 100 Å². The zero-order chi connectivity index (χ0) is 13.2. The van der Waals surface area contributed by atoms with Crippen LogP contribution >= 0.6 is 0 Å². The Kier molecular flexibility index (Phi) is 3.60. The summed E-state index contributed by atoms with van der Waals surface area (Å²) >= 11 is 0. The summed E-state index contributed by atoms with van der Waals surface area (Å²) in [7, 11) is 0. The molecule has 5 heteroatoms. The number of carboxylic acid groups (broad SMARTS) is 1. The zero-order valence-electron chi connectivity index (χ0n) is 10.6. The quantitative estimate of drug-likeness (QED) is 0.836. The molecule has 0 aliphatic heterocycles. The summed E-state index contributed by atoms with van der Waals surface area (Å²) in [6.45, 7) is 7.37. The van der Waals surface area contributed by atoms with Crippen molar-refractivity contribution in [2.75, 3.05) is 0 Å². The zero-order valence-corrected chi connectivity index (χ0v) is 10.6. The predicted octanol–water partition coefficient (Wildman–Crippen LogP) is 1.41. The van der Waals surface area contributed by atoms with Crippen molar-refractivity contribution in [3.63, 3.8) is 0 Å². The lowest BCUT2D eigenvalue weighted by Crippen LogP contribution is -2.42. The van der Waals surface area contributed by atoms with Crippen LogP contribution in [0, 0.1) is 6.92 Å². The highest BCUT2D eigenvalue weighted by Crippen LogP contribution is 2.10. The van der Waals surface area contributed by atoms with Gasteiger partial charge in [-0.15, -0.1) is 0 Å². The summed E-state index contributed by atoms with van der Waals surface area (Å²) in [6, 6.07) is 1.69. The molecule has 0 fully saturated rings. The first kappa shape index (κ1) is 13.3. The standard InChI is InChI=1S/C12H18N2O3/c1-8-5-6-14(10(8)11(16)17)7-9(15)13-12(2,3)4/h5-6H,7H2,1-4H3,(H,13,15)(H,16,17). The van der Waals surface area contributed by atoms with Gasteiger partial charge in [0.2, 0.25) is 5.91 Å². The number of hydrogen-bond acceptors (Lipinski definition) is 2. The van der Waals surface area contributed by atoms with Crippen LogP contribution in [0.5, 0.6) is 0 Å². The number of carboxylic acids is 1. The van der Waals surface area contributed by atoms with Crippen molar-refractivity contribution in [3.05, 3.63) is 23.5 Å². The number of hydrogen-bond donors (Lipinski definition) is 2. The van der Waals surface area contributed by atoms with E-state index < -0.39 is 5.97 Å². The van der Waals surface area contributed by atoms with Crippen LogP contribution in [-0.4, -0.2) is 27.1 Å². The van der Waals surface area contributed by atoms with Crippen LogP contribution in [0.2, 0.25) is 0 Å². The van der Waals surface area contributed by atoms with Crippen molar-refractivity contribution in [1.82, 2.24) is 9.88 Å². The monoisotopic (exact) mass is 238 g/mol. The predicted molar refractivity (Wildman–Crippen MR) is 64.0 cm³/mol. The Hall–Kier alpha value is -1.78. The van der Waals surface area contributed by atoms with Gasteiger partial charge in [-0.25, -0.2) is 4.79 Å². The van der Waals surface area contributed by atoms with E-state index in [0.29, 0.717) is 5.56 Å². The van der Waals surface area contributed by atoms with Gasteiger partial charge in [-0.1, -0.05) is 0 Å². The molecule has 0 radical (unpaired) electrons. The number of rotatable bonds is 3. The summed E-state index contributed by atoms with van der Waals surface area (Å²) in [4.78, 5) is 22.7. The molecule has 0 aromatic carbocycles. The second-order valence-electron chi connectivity index (χ2n) is 5.08. The Balaban J connectivity index is 2.83. The first-order chi connectivity index (χ1) is 7.70. The van der Waals surface area contributed by atoms with Gasteiger partial charge in [-0.2, -0.15) is 0 Å². The first-order valence-corrected chi connectivity index (χ1v) is 5.41. The molecule has 1 heterocycles. The van der Waals surface area contributed by atoms with Crippen LogP contribution in [0.15, 0.2) is 12.3 Å². The Morgan fingerprint density at radius 1 is 1.41 bits per heavy atom. The van der Waals surface area contributed by atoms with Crippen molar-refractivity contribution < 1.29 is 14.7 Å². The second kappa shape index (κ2) is 4.61. The first-order valence-electron chi connectivity index (χ1n) is 5.41. The van der Waals surface area contributed by atoms with Crippen LogP contribution in [0.4, 0.5) is 0 Å². The van der Waals surface area contributed by atoms with Gasteiger partial charge in [0.1, 0.15) is 12.2 Å². The molecule has 0 unspecified atom stereocenters. The average Bonchev–Trinajstić information content (AvgIpc) is 2.42. The van der Waals surface area contributed by atoms with E-state index in [9.17, 15) is 9.59 Å². The lowest BCUT2D eigenvalue weighted by atomic mass is 10.1. The van der Waals surface area contributed by atoms with Gasteiger partial charge in [0.15, 0.2) is 0 Å². The number of aromatic carboxylic acids is 1. The largest absolute Gasteiger partial charge is 0.477 e. The summed E-state index contributed by atoms with van der Waals surface area (Å²) in [6.07, 6.45) is 1.61. The summed E-state index contributed by atoms with van der Waals surface area (Å²) in [5, 5.41) is 11.8. The van der Waals surface area contributed by atoms with Crippen LogP contribution in [0.3, 0.4) is 0 Å². The summed E-state index contributed by atoms with van der Waals surface area (Å²) < 4.78 is 1.44. The molecular weight excluding hydrogens is 220 g/mol. The highest BCUT2D eigenvalue weighted by molar-refractivity contribution is 5.88. The van der Waals surface area contributed by atoms with E-state index in [-0.39, 0.29) is 23.7 Å². The van der Waals surface area contributed by atoms with E-state index in [1.165, 1.54) is 4.57 Å². The molecule has 0 bridgehead atoms. The molecule has 17 heavy (non-hydrogen) atoms. The smallest absolute Gasteiger partial charge is 0.352 e. The molecule has 0 aliphatic rings. The third-order valence-corrected chi connectivity index (χ3v) is 2.20. The Bertz CT molecular complexity index is 441. The number of amides is 1. The maximum Gasteiger partial charge on any atom is 0.352 e. The number of nitrogens with one attached hydrogen (secondary N) is 1. The molecule has 1 aromatic rings. The molecule has 0 saturated carbocycles. The molecule has 1 rings (SSSR count). The van der Waals surface area contributed by atoms with Crippen LogP contribution in [0.1, 0.15) is 36.8 Å². The molecule has 0 atom stereocenters. The second-order valence-corrected chi connectivity index (χ2v) is 5.08. The molecule has 5 nitrogen and oxygen atoms in total. The maximum atomic E-state index is 11.7. The topological polar surface area (TPSA) is 71.3 Å². The number of carbonyl (C=O) groups is 2. The molecular formula is C12H18N2O3. The van der Waals surface area contributed by atoms with Crippen molar-refractivity contribution in [1.29, 1.82) is 0 Å². The number of aryl methyl sites for hydroxylation is 1. The van der Waals surface area contributed by atoms with E-state index >= 15 is 0 Å². The van der Waals surface area contributed by atoms with E-state index in [1.807, 2.05) is 20.8 Å². The van der Waals surface area contributed by atoms with Crippen molar-refractivity contribution in [2.24, 2.45) is 0 Å². The minimum atomic E-state index is -1.02. The molecule has 0 saturated heterocycles. The van der Waals surface area contributed by atoms with E-state index in [1.54, 1.807) is 19.2 Å². The number of aromatic nitrogens is 1. The van der Waals surface area contributed by atoms with Crippen molar-refractivity contribution >= 4 is 11.9 Å². The highest BCUT2D eigenvalue weighted by Gasteiger charge is 2.18. The third kappa shape index (κ3) is 3.62. The van der Waals surface area contributed by atoms with E-state index in [0.717, 1.165) is 0 Å². The normalized spacial score (nSPS) is 11.3. The molecule has 1 aromatic heterocycles. The molecule has 2 N–H and O–H groups in total. The molecule has 0 spiro atoms. The van der Waals surface area contributed by atoms with Gasteiger partial charge in [0.25, 0.3) is 0 Å². The molecule has 94 valence electrons. The fraction of sp³-hybridized carbons (Fsp3) is 0.500. The minimum Gasteiger partial charge on any atom is -0.477 e. The fourth-order valence-electron chi connectivity index (χ4n) is 1.62. The molecule has 1 amide bonds. The van der Waals surface area contributed by atoms with Gasteiger partial charge < -0.3 is 15.0 Å². The van der Waals surface area contributed by atoms with Crippen LogP contribution in [0.25, 0.3) is 0 Å². The van der Waals surface area contributed by atoms with E-state index in [4.69, 9.17) is 5.11 Å². The lowest BCUT2D eigenvalue weighted by Gasteiger charge is -2.20.